The van der Waals surface area contributed by atoms with Crippen LogP contribution in [0.1, 0.15) is 11.7 Å². The van der Waals surface area contributed by atoms with E-state index in [1.165, 1.54) is 42.1 Å². The van der Waals surface area contributed by atoms with Crippen LogP contribution in [-0.4, -0.2) is 91.4 Å². The van der Waals surface area contributed by atoms with Crippen LogP contribution in [0.5, 0.6) is 5.75 Å². The van der Waals surface area contributed by atoms with E-state index in [4.69, 9.17) is 5.11 Å². The Balaban J connectivity index is 1.29. The molecule has 0 saturated carbocycles. The second kappa shape index (κ2) is 10.7. The van der Waals surface area contributed by atoms with E-state index in [0.717, 1.165) is 25.9 Å². The first-order chi connectivity index (χ1) is 19.0. The number of thioether (sulfide) groups is 2. The summed E-state index contributed by atoms with van der Waals surface area (Å²) in [6, 6.07) is 7.46. The van der Waals surface area contributed by atoms with Gasteiger partial charge >= 0.3 is 17.6 Å². The lowest BCUT2D eigenvalue weighted by Crippen LogP contribution is -2.70. The van der Waals surface area contributed by atoms with E-state index >= 15 is 0 Å². The fourth-order valence-electron chi connectivity index (χ4n) is 4.23. The van der Waals surface area contributed by atoms with Gasteiger partial charge in [-0.15, -0.1) is 28.6 Å². The van der Waals surface area contributed by atoms with Crippen LogP contribution in [0.15, 0.2) is 57.5 Å². The number of rotatable bonds is 9. The predicted molar refractivity (Wildman–Crippen MR) is 138 cm³/mol. The van der Waals surface area contributed by atoms with Crippen molar-refractivity contribution in [2.75, 3.05) is 11.5 Å². The average Bonchev–Trinajstić information content (AvgIpc) is 3.22. The third-order valence-corrected chi connectivity index (χ3v) is 8.42. The van der Waals surface area contributed by atoms with E-state index in [0.29, 0.717) is 10.6 Å². The molecule has 5 N–H and O–H groups in total. The van der Waals surface area contributed by atoms with Gasteiger partial charge in [-0.3, -0.25) is 19.3 Å². The van der Waals surface area contributed by atoms with Crippen molar-refractivity contribution < 1.29 is 39.6 Å². The monoisotopic (exact) mass is 588 g/mol. The smallest absolute Gasteiger partial charge is 0.367 e. The fourth-order valence-corrected chi connectivity index (χ4v) is 6.57. The molecule has 2 aliphatic heterocycles. The molecule has 1 fully saturated rings. The van der Waals surface area contributed by atoms with E-state index in [9.17, 15) is 39.3 Å². The first-order valence-electron chi connectivity index (χ1n) is 11.5. The maximum Gasteiger partial charge on any atom is 0.367 e. The maximum atomic E-state index is 12.9. The molecule has 40 heavy (non-hydrogen) atoms. The molecule has 0 aliphatic carbocycles. The highest BCUT2D eigenvalue weighted by Gasteiger charge is 2.54. The van der Waals surface area contributed by atoms with E-state index in [-0.39, 0.29) is 34.2 Å². The van der Waals surface area contributed by atoms with Gasteiger partial charge in [0.15, 0.2) is 11.8 Å². The van der Waals surface area contributed by atoms with Crippen molar-refractivity contribution in [2.24, 2.45) is 0 Å². The fraction of sp³-hybridized carbons (Fsp3) is 0.261. The van der Waals surface area contributed by atoms with E-state index in [1.54, 1.807) is 6.07 Å². The van der Waals surface area contributed by atoms with Crippen LogP contribution in [0.25, 0.3) is 5.65 Å². The number of phenolic OH excluding ortho intramolecular Hbond substituents is 1. The number of nitrogens with one attached hydrogen (secondary N) is 1. The summed E-state index contributed by atoms with van der Waals surface area (Å²) in [7, 11) is 0. The standard InChI is InChI=1S/C23H20N6O9S2/c30-12-3-1-2-10(6-12)18(33)19(34)24-16-20(35)28-17(22(36)37)11(9-40-21(16)28)8-39-14-5-4-13-25-27(7-15(31)32)23(38)29(13)26-14/h1-6,16,18,21,30,33H,7-9H2,(H,24,34)(H,31,32)(H,36,37)/t16?,18-,21-/m1/s1. The molecular weight excluding hydrogens is 568 g/mol. The van der Waals surface area contributed by atoms with Crippen molar-refractivity contribution in [1.29, 1.82) is 0 Å². The van der Waals surface area contributed by atoms with Crippen LogP contribution in [-0.2, 0) is 25.7 Å². The molecule has 2 aliphatic rings. The lowest BCUT2D eigenvalue weighted by molar-refractivity contribution is -0.151. The van der Waals surface area contributed by atoms with Crippen LogP contribution in [0.3, 0.4) is 0 Å². The largest absolute Gasteiger partial charge is 0.508 e. The number of aliphatic hydroxyl groups is 1. The number of aliphatic hydroxyl groups excluding tert-OH is 1. The highest BCUT2D eigenvalue weighted by molar-refractivity contribution is 8.01. The molecule has 0 bridgehead atoms. The second-order valence-corrected chi connectivity index (χ2v) is 10.8. The number of fused-ring (bicyclic) bond motifs is 2. The Labute approximate surface area is 232 Å². The molecule has 0 radical (unpaired) electrons. The van der Waals surface area contributed by atoms with Gasteiger partial charge in [-0.05, 0) is 35.4 Å². The Kier molecular flexibility index (Phi) is 7.26. The van der Waals surface area contributed by atoms with E-state index in [1.807, 2.05) is 0 Å². The summed E-state index contributed by atoms with van der Waals surface area (Å²) >= 11 is 2.36. The minimum Gasteiger partial charge on any atom is -0.508 e. The van der Waals surface area contributed by atoms with Gasteiger partial charge in [0, 0.05) is 11.5 Å². The zero-order chi connectivity index (χ0) is 28.7. The lowest BCUT2D eigenvalue weighted by atomic mass is 10.0. The topological polar surface area (TPSA) is 217 Å². The maximum absolute atomic E-state index is 12.9. The molecule has 208 valence electrons. The summed E-state index contributed by atoms with van der Waals surface area (Å²) in [5, 5.41) is 48.9. The minimum atomic E-state index is -1.64. The number of amides is 2. The van der Waals surface area contributed by atoms with Crippen LogP contribution in [0.2, 0.25) is 0 Å². The molecule has 3 aromatic rings. The first kappa shape index (κ1) is 27.2. The van der Waals surface area contributed by atoms with Crippen molar-refractivity contribution >= 4 is 52.9 Å². The van der Waals surface area contributed by atoms with Crippen LogP contribution < -0.4 is 11.0 Å². The number of benzene rings is 1. The van der Waals surface area contributed by atoms with E-state index < -0.39 is 53.5 Å². The quantitative estimate of drug-likeness (QED) is 0.154. The lowest BCUT2D eigenvalue weighted by Gasteiger charge is -2.49. The number of hydrogen-bond acceptors (Lipinski definition) is 11. The Bertz CT molecular complexity index is 1650. The molecule has 0 spiro atoms. The molecule has 1 unspecified atom stereocenters. The number of aromatic hydroxyl groups is 1. The second-order valence-electron chi connectivity index (χ2n) is 8.72. The van der Waals surface area contributed by atoms with Crippen LogP contribution >= 0.6 is 23.5 Å². The molecule has 3 atom stereocenters. The predicted octanol–water partition coefficient (Wildman–Crippen LogP) is -0.754. The highest BCUT2D eigenvalue weighted by Crippen LogP contribution is 2.41. The van der Waals surface area contributed by atoms with Gasteiger partial charge in [-0.25, -0.2) is 9.59 Å². The summed E-state index contributed by atoms with van der Waals surface area (Å²) in [6.07, 6.45) is -1.64. The average molecular weight is 589 g/mol. The zero-order valence-electron chi connectivity index (χ0n) is 20.2. The van der Waals surface area contributed by atoms with Crippen molar-refractivity contribution in [3.05, 3.63) is 63.7 Å². The van der Waals surface area contributed by atoms with Crippen molar-refractivity contribution in [1.82, 2.24) is 29.6 Å². The molecule has 1 aromatic carbocycles. The summed E-state index contributed by atoms with van der Waals surface area (Å²) in [5.41, 5.74) is -0.258. The van der Waals surface area contributed by atoms with Gasteiger partial charge in [0.25, 0.3) is 11.8 Å². The normalized spacial score (nSPS) is 19.2. The summed E-state index contributed by atoms with van der Waals surface area (Å²) in [4.78, 5) is 62.0. The number of aromatic nitrogens is 4. The molecule has 1 saturated heterocycles. The Morgan fingerprint density at radius 1 is 1.15 bits per heavy atom. The number of phenols is 1. The van der Waals surface area contributed by atoms with Gasteiger partial charge in [-0.2, -0.15) is 14.3 Å². The van der Waals surface area contributed by atoms with Gasteiger partial charge in [0.05, 0.1) is 0 Å². The minimum absolute atomic E-state index is 0.120. The summed E-state index contributed by atoms with van der Waals surface area (Å²) < 4.78 is 1.70. The highest BCUT2D eigenvalue weighted by atomic mass is 32.2. The van der Waals surface area contributed by atoms with Crippen molar-refractivity contribution in [3.63, 3.8) is 0 Å². The third kappa shape index (κ3) is 5.01. The molecule has 2 aromatic heterocycles. The molecule has 4 heterocycles. The Morgan fingerprint density at radius 3 is 2.62 bits per heavy atom. The van der Waals surface area contributed by atoms with Crippen LogP contribution in [0.4, 0.5) is 0 Å². The molecule has 17 heteroatoms. The number of hydrogen-bond donors (Lipinski definition) is 5. The number of nitrogens with zero attached hydrogens (tertiary/aromatic N) is 5. The number of carboxylic acid groups (broad SMARTS) is 2. The van der Waals surface area contributed by atoms with Crippen molar-refractivity contribution in [2.45, 2.75) is 29.1 Å². The molecule has 15 nitrogen and oxygen atoms in total. The first-order valence-corrected chi connectivity index (χ1v) is 13.6. The van der Waals surface area contributed by atoms with Gasteiger partial charge in [-0.1, -0.05) is 12.1 Å². The Hall–Kier alpha value is -4.35. The zero-order valence-corrected chi connectivity index (χ0v) is 21.8. The van der Waals surface area contributed by atoms with Gasteiger partial charge < -0.3 is 25.7 Å². The molecular formula is C23H20N6O9S2. The van der Waals surface area contributed by atoms with Gasteiger partial charge in [0.2, 0.25) is 0 Å². The molecule has 2 amide bonds. The number of carbonyl (C=O) groups is 4. The molecule has 5 rings (SSSR count). The van der Waals surface area contributed by atoms with Crippen LogP contribution in [0, 0.1) is 0 Å². The number of carbonyl (C=O) groups excluding carboxylic acids is 2. The third-order valence-electron chi connectivity index (χ3n) is 6.08. The van der Waals surface area contributed by atoms with E-state index in [2.05, 4.69) is 15.5 Å². The van der Waals surface area contributed by atoms with Gasteiger partial charge in [0.1, 0.15) is 34.4 Å². The summed E-state index contributed by atoms with van der Waals surface area (Å²) in [6.45, 7) is -0.627. The Morgan fingerprint density at radius 2 is 1.93 bits per heavy atom. The van der Waals surface area contributed by atoms with Crippen molar-refractivity contribution in [3.8, 4) is 5.75 Å². The SMILES string of the molecule is O=C(O)Cn1nc2ccc(SCC3=C(C(=O)O)N4C(=O)C(NC(=O)[C@H](O)c5cccc(O)c5)[C@H]4SC3)nn2c1=O. The number of β-lactam (4-membered cyclic amide) rings is 1. The summed E-state index contributed by atoms with van der Waals surface area (Å²) in [5.74, 6) is -3.88. The number of aliphatic carboxylic acids is 2. The number of carboxylic acids is 2.